The van der Waals surface area contributed by atoms with E-state index in [1.54, 1.807) is 6.33 Å². The van der Waals surface area contributed by atoms with E-state index in [9.17, 15) is 0 Å². The Bertz CT molecular complexity index is 347. The average molecular weight is 206 g/mol. The molecule has 1 saturated carbocycles. The quantitative estimate of drug-likeness (QED) is 0.798. The molecule has 0 aromatic carbocycles. The van der Waals surface area contributed by atoms with Gasteiger partial charge in [-0.25, -0.2) is 4.98 Å². The molecule has 1 unspecified atom stereocenters. The molecular weight excluding hydrogens is 188 g/mol. The largest absolute Gasteiger partial charge is 0.311 e. The fraction of sp³-hybridized carbons (Fsp3) is 0.818. The Morgan fingerprint density at radius 3 is 3.00 bits per heavy atom. The molecular formula is C11H18N4. The van der Waals surface area contributed by atoms with E-state index < -0.39 is 0 Å². The molecule has 1 aliphatic heterocycles. The highest BCUT2D eigenvalue weighted by Gasteiger charge is 2.47. The lowest BCUT2D eigenvalue weighted by molar-refractivity contribution is 0.313. The third-order valence-corrected chi connectivity index (χ3v) is 3.91. The van der Waals surface area contributed by atoms with Gasteiger partial charge in [0.2, 0.25) is 0 Å². The lowest BCUT2D eigenvalue weighted by Crippen LogP contribution is -2.44. The van der Waals surface area contributed by atoms with Gasteiger partial charge in [-0.2, -0.15) is 5.10 Å². The van der Waals surface area contributed by atoms with Crippen LogP contribution in [0.5, 0.6) is 0 Å². The van der Waals surface area contributed by atoms with Crippen LogP contribution in [-0.4, -0.2) is 26.8 Å². The van der Waals surface area contributed by atoms with Crippen molar-refractivity contribution < 1.29 is 0 Å². The molecule has 82 valence electrons. The van der Waals surface area contributed by atoms with Crippen molar-refractivity contribution in [3.63, 3.8) is 0 Å². The first kappa shape index (κ1) is 9.33. The van der Waals surface area contributed by atoms with E-state index in [4.69, 9.17) is 0 Å². The number of aryl methyl sites for hydroxylation is 1. The maximum absolute atomic E-state index is 4.35. The van der Waals surface area contributed by atoms with Gasteiger partial charge in [0, 0.05) is 19.0 Å². The second kappa shape index (κ2) is 3.30. The molecule has 1 N–H and O–H groups in total. The fourth-order valence-corrected chi connectivity index (χ4v) is 2.87. The predicted octanol–water partition coefficient (Wildman–Crippen LogP) is 0.890. The van der Waals surface area contributed by atoms with E-state index in [0.29, 0.717) is 5.54 Å². The zero-order chi connectivity index (χ0) is 10.3. The lowest BCUT2D eigenvalue weighted by Gasteiger charge is -2.29. The van der Waals surface area contributed by atoms with Gasteiger partial charge in [0.25, 0.3) is 0 Å². The standard InChI is InChI=1S/C11H18N4/c1-15-10(12-8-14-15)7-11(9-3-4-9)5-2-6-13-11/h8-9,13H,2-7H2,1H3. The topological polar surface area (TPSA) is 42.7 Å². The number of rotatable bonds is 3. The van der Waals surface area contributed by atoms with Crippen LogP contribution in [-0.2, 0) is 13.5 Å². The van der Waals surface area contributed by atoms with Crippen molar-refractivity contribution in [3.8, 4) is 0 Å². The summed E-state index contributed by atoms with van der Waals surface area (Å²) in [6.45, 7) is 1.17. The molecule has 0 bridgehead atoms. The molecule has 2 heterocycles. The average Bonchev–Trinajstić information content (AvgIpc) is 2.88. The molecule has 0 amide bonds. The minimum Gasteiger partial charge on any atom is -0.311 e. The Hall–Kier alpha value is -0.900. The third-order valence-electron chi connectivity index (χ3n) is 3.91. The van der Waals surface area contributed by atoms with E-state index in [1.165, 1.54) is 32.2 Å². The highest BCUT2D eigenvalue weighted by atomic mass is 15.3. The molecule has 0 spiro atoms. The van der Waals surface area contributed by atoms with Crippen molar-refractivity contribution in [2.75, 3.05) is 6.54 Å². The summed E-state index contributed by atoms with van der Waals surface area (Å²) in [7, 11) is 1.98. The number of nitrogens with one attached hydrogen (secondary N) is 1. The van der Waals surface area contributed by atoms with Crippen molar-refractivity contribution in [2.24, 2.45) is 13.0 Å². The zero-order valence-corrected chi connectivity index (χ0v) is 9.24. The molecule has 1 aromatic heterocycles. The van der Waals surface area contributed by atoms with Crippen molar-refractivity contribution in [1.82, 2.24) is 20.1 Å². The smallest absolute Gasteiger partial charge is 0.138 e. The Labute approximate surface area is 90.1 Å². The van der Waals surface area contributed by atoms with Gasteiger partial charge in [-0.15, -0.1) is 0 Å². The van der Waals surface area contributed by atoms with Crippen LogP contribution in [0.15, 0.2) is 6.33 Å². The normalized spacial score (nSPS) is 31.0. The summed E-state index contributed by atoms with van der Waals surface area (Å²) in [5, 5.41) is 7.86. The van der Waals surface area contributed by atoms with Gasteiger partial charge < -0.3 is 5.32 Å². The van der Waals surface area contributed by atoms with Gasteiger partial charge in [-0.05, 0) is 38.1 Å². The Balaban J connectivity index is 1.82. The molecule has 1 atom stereocenters. The number of hydrogen-bond acceptors (Lipinski definition) is 3. The molecule has 2 aliphatic rings. The molecule has 1 aliphatic carbocycles. The van der Waals surface area contributed by atoms with Crippen LogP contribution in [0.2, 0.25) is 0 Å². The van der Waals surface area contributed by atoms with E-state index in [2.05, 4.69) is 15.4 Å². The van der Waals surface area contributed by atoms with Gasteiger partial charge in [-0.3, -0.25) is 4.68 Å². The van der Waals surface area contributed by atoms with Crippen molar-refractivity contribution in [3.05, 3.63) is 12.2 Å². The number of aromatic nitrogens is 3. The van der Waals surface area contributed by atoms with Gasteiger partial charge in [0.1, 0.15) is 12.2 Å². The summed E-state index contributed by atoms with van der Waals surface area (Å²) in [5.41, 5.74) is 0.348. The Kier molecular flexibility index (Phi) is 2.06. The van der Waals surface area contributed by atoms with Gasteiger partial charge in [0.15, 0.2) is 0 Å². The van der Waals surface area contributed by atoms with Gasteiger partial charge >= 0.3 is 0 Å². The maximum Gasteiger partial charge on any atom is 0.138 e. The predicted molar refractivity (Wildman–Crippen MR) is 57.4 cm³/mol. The van der Waals surface area contributed by atoms with E-state index >= 15 is 0 Å². The number of nitrogens with zero attached hydrogens (tertiary/aromatic N) is 3. The number of hydrogen-bond donors (Lipinski definition) is 1. The minimum atomic E-state index is 0.348. The van der Waals surface area contributed by atoms with Crippen molar-refractivity contribution in [1.29, 1.82) is 0 Å². The van der Waals surface area contributed by atoms with Crippen LogP contribution in [0.4, 0.5) is 0 Å². The van der Waals surface area contributed by atoms with Crippen LogP contribution in [0, 0.1) is 5.92 Å². The molecule has 1 saturated heterocycles. The van der Waals surface area contributed by atoms with Crippen LogP contribution < -0.4 is 5.32 Å². The summed E-state index contributed by atoms with van der Waals surface area (Å²) in [6.07, 6.45) is 8.12. The van der Waals surface area contributed by atoms with E-state index in [-0.39, 0.29) is 0 Å². The highest BCUT2D eigenvalue weighted by molar-refractivity contribution is 5.09. The van der Waals surface area contributed by atoms with Gasteiger partial charge in [0.05, 0.1) is 0 Å². The highest BCUT2D eigenvalue weighted by Crippen LogP contribution is 2.45. The van der Waals surface area contributed by atoms with Gasteiger partial charge in [-0.1, -0.05) is 0 Å². The lowest BCUT2D eigenvalue weighted by atomic mass is 9.87. The monoisotopic (exact) mass is 206 g/mol. The van der Waals surface area contributed by atoms with Crippen LogP contribution in [0.25, 0.3) is 0 Å². The molecule has 0 radical (unpaired) electrons. The second-order valence-electron chi connectivity index (χ2n) is 4.94. The second-order valence-corrected chi connectivity index (χ2v) is 4.94. The first-order valence-corrected chi connectivity index (χ1v) is 5.88. The SMILES string of the molecule is Cn1ncnc1CC1(C2CC2)CCCN1. The first-order valence-electron chi connectivity index (χ1n) is 5.88. The Morgan fingerprint density at radius 1 is 1.60 bits per heavy atom. The molecule has 3 rings (SSSR count). The van der Waals surface area contributed by atoms with Crippen molar-refractivity contribution in [2.45, 2.75) is 37.6 Å². The summed E-state index contributed by atoms with van der Waals surface area (Å²) >= 11 is 0. The van der Waals surface area contributed by atoms with Crippen molar-refractivity contribution >= 4 is 0 Å². The van der Waals surface area contributed by atoms with Crippen LogP contribution in [0.3, 0.4) is 0 Å². The van der Waals surface area contributed by atoms with E-state index in [1.807, 2.05) is 11.7 Å². The summed E-state index contributed by atoms with van der Waals surface area (Å²) in [5.74, 6) is 2.01. The third kappa shape index (κ3) is 1.57. The van der Waals surface area contributed by atoms with Crippen LogP contribution in [0.1, 0.15) is 31.5 Å². The van der Waals surface area contributed by atoms with Crippen LogP contribution >= 0.6 is 0 Å². The van der Waals surface area contributed by atoms with E-state index in [0.717, 1.165) is 18.2 Å². The molecule has 4 heteroatoms. The Morgan fingerprint density at radius 2 is 2.47 bits per heavy atom. The summed E-state index contributed by atoms with van der Waals surface area (Å²) in [6, 6.07) is 0. The zero-order valence-electron chi connectivity index (χ0n) is 9.24. The molecule has 4 nitrogen and oxygen atoms in total. The molecule has 15 heavy (non-hydrogen) atoms. The minimum absolute atomic E-state index is 0.348. The maximum atomic E-state index is 4.35. The fourth-order valence-electron chi connectivity index (χ4n) is 2.87. The molecule has 2 fully saturated rings. The first-order chi connectivity index (χ1) is 7.30. The summed E-state index contributed by atoms with van der Waals surface area (Å²) < 4.78 is 1.91. The summed E-state index contributed by atoms with van der Waals surface area (Å²) in [4.78, 5) is 4.35. The molecule has 1 aromatic rings.